The number of carbonyl (C=O) groups excluding carboxylic acids is 2. The summed E-state index contributed by atoms with van der Waals surface area (Å²) in [7, 11) is 0. The second kappa shape index (κ2) is 4.65. The van der Waals surface area contributed by atoms with Crippen molar-refractivity contribution < 1.29 is 9.59 Å². The molecule has 0 aromatic heterocycles. The molecule has 1 fully saturated rings. The Hall–Kier alpha value is -1.49. The van der Waals surface area contributed by atoms with Crippen LogP contribution in [0.15, 0.2) is 29.2 Å². The van der Waals surface area contributed by atoms with Crippen molar-refractivity contribution in [3.63, 3.8) is 0 Å². The average Bonchev–Trinajstić information content (AvgIpc) is 3.17. The van der Waals surface area contributed by atoms with Crippen molar-refractivity contribution in [3.05, 3.63) is 24.3 Å². The highest BCUT2D eigenvalue weighted by molar-refractivity contribution is 8.00. The molecular formula is C13H14N2O2S. The van der Waals surface area contributed by atoms with E-state index in [-0.39, 0.29) is 18.4 Å². The van der Waals surface area contributed by atoms with Crippen LogP contribution in [0.4, 0.5) is 5.69 Å². The van der Waals surface area contributed by atoms with Gasteiger partial charge in [-0.15, -0.1) is 11.8 Å². The van der Waals surface area contributed by atoms with E-state index in [1.807, 2.05) is 24.3 Å². The Morgan fingerprint density at radius 1 is 1.39 bits per heavy atom. The maximum absolute atomic E-state index is 11.9. The van der Waals surface area contributed by atoms with Gasteiger partial charge in [0.05, 0.1) is 11.4 Å². The molecule has 4 nitrogen and oxygen atoms in total. The Balaban J connectivity index is 1.77. The van der Waals surface area contributed by atoms with Gasteiger partial charge in [-0.1, -0.05) is 12.1 Å². The SMILES string of the molecule is O=C(CN1C(=O)CSc2ccccc21)NC1CC1. The number of thioether (sulfide) groups is 1. The molecule has 0 atom stereocenters. The molecule has 0 spiro atoms. The predicted octanol–water partition coefficient (Wildman–Crippen LogP) is 1.40. The van der Waals surface area contributed by atoms with Gasteiger partial charge in [0.15, 0.2) is 0 Å². The largest absolute Gasteiger partial charge is 0.352 e. The molecule has 1 heterocycles. The molecule has 1 aliphatic carbocycles. The van der Waals surface area contributed by atoms with Gasteiger partial charge in [0, 0.05) is 10.9 Å². The highest BCUT2D eigenvalue weighted by atomic mass is 32.2. The molecule has 1 saturated carbocycles. The third-order valence-electron chi connectivity index (χ3n) is 3.05. The standard InChI is InChI=1S/C13H14N2O2S/c16-12(14-9-5-6-9)7-15-10-3-1-2-4-11(10)18-8-13(15)17/h1-4,9H,5-8H2,(H,14,16). The maximum Gasteiger partial charge on any atom is 0.240 e. The first-order chi connectivity index (χ1) is 8.74. The van der Waals surface area contributed by atoms with Crippen LogP contribution in [0.1, 0.15) is 12.8 Å². The molecule has 18 heavy (non-hydrogen) atoms. The summed E-state index contributed by atoms with van der Waals surface area (Å²) in [6, 6.07) is 8.05. The van der Waals surface area contributed by atoms with E-state index in [9.17, 15) is 9.59 Å². The first kappa shape index (κ1) is 11.6. The molecule has 0 radical (unpaired) electrons. The number of nitrogens with one attached hydrogen (secondary N) is 1. The molecule has 94 valence electrons. The van der Waals surface area contributed by atoms with E-state index in [4.69, 9.17) is 0 Å². The van der Waals surface area contributed by atoms with Crippen LogP contribution in [0, 0.1) is 0 Å². The zero-order valence-corrected chi connectivity index (χ0v) is 10.7. The van der Waals surface area contributed by atoms with Gasteiger partial charge in [-0.2, -0.15) is 0 Å². The van der Waals surface area contributed by atoms with Crippen molar-refractivity contribution in [2.75, 3.05) is 17.2 Å². The van der Waals surface area contributed by atoms with Gasteiger partial charge in [0.2, 0.25) is 11.8 Å². The van der Waals surface area contributed by atoms with Crippen LogP contribution in [0.3, 0.4) is 0 Å². The molecule has 1 aromatic carbocycles. The predicted molar refractivity (Wildman–Crippen MR) is 70.7 cm³/mol. The minimum atomic E-state index is -0.0625. The fourth-order valence-electron chi connectivity index (χ4n) is 1.97. The number of hydrogen-bond acceptors (Lipinski definition) is 3. The summed E-state index contributed by atoms with van der Waals surface area (Å²) in [5.74, 6) is 0.352. The zero-order chi connectivity index (χ0) is 12.5. The smallest absolute Gasteiger partial charge is 0.240 e. The summed E-state index contributed by atoms with van der Waals surface area (Å²) < 4.78 is 0. The maximum atomic E-state index is 11.9. The number of hydrogen-bond donors (Lipinski definition) is 1. The van der Waals surface area contributed by atoms with Gasteiger partial charge in [-0.25, -0.2) is 0 Å². The molecule has 2 aliphatic rings. The Morgan fingerprint density at radius 3 is 2.94 bits per heavy atom. The molecular weight excluding hydrogens is 248 g/mol. The minimum absolute atomic E-state index is 0.00430. The fourth-order valence-corrected chi connectivity index (χ4v) is 2.91. The Bertz CT molecular complexity index is 500. The topological polar surface area (TPSA) is 49.4 Å². The summed E-state index contributed by atoms with van der Waals surface area (Å²) in [6.45, 7) is 0.132. The van der Waals surface area contributed by atoms with Crippen molar-refractivity contribution in [2.45, 2.75) is 23.8 Å². The zero-order valence-electron chi connectivity index (χ0n) is 9.89. The average molecular weight is 262 g/mol. The van der Waals surface area contributed by atoms with Gasteiger partial charge in [0.1, 0.15) is 6.54 Å². The monoisotopic (exact) mass is 262 g/mol. The summed E-state index contributed by atoms with van der Waals surface area (Å²) in [5, 5.41) is 2.91. The van der Waals surface area contributed by atoms with Crippen LogP contribution in [0.5, 0.6) is 0 Å². The second-order valence-electron chi connectivity index (χ2n) is 4.58. The first-order valence-electron chi connectivity index (χ1n) is 6.05. The molecule has 3 rings (SSSR count). The normalized spacial score (nSPS) is 18.4. The summed E-state index contributed by atoms with van der Waals surface area (Å²) >= 11 is 1.53. The van der Waals surface area contributed by atoms with Crippen LogP contribution in [-0.4, -0.2) is 30.2 Å². The van der Waals surface area contributed by atoms with E-state index in [2.05, 4.69) is 5.32 Å². The first-order valence-corrected chi connectivity index (χ1v) is 7.04. The summed E-state index contributed by atoms with van der Waals surface area (Å²) in [4.78, 5) is 26.4. The number of amides is 2. The van der Waals surface area contributed by atoms with Crippen LogP contribution in [-0.2, 0) is 9.59 Å². The molecule has 1 N–H and O–H groups in total. The van der Waals surface area contributed by atoms with Crippen molar-refractivity contribution in [1.82, 2.24) is 5.32 Å². The van der Waals surface area contributed by atoms with Gasteiger partial charge < -0.3 is 10.2 Å². The lowest BCUT2D eigenvalue weighted by atomic mass is 10.2. The number of benzene rings is 1. The van der Waals surface area contributed by atoms with E-state index in [1.165, 1.54) is 11.8 Å². The molecule has 0 bridgehead atoms. The van der Waals surface area contributed by atoms with Crippen LogP contribution >= 0.6 is 11.8 Å². The minimum Gasteiger partial charge on any atom is -0.352 e. The van der Waals surface area contributed by atoms with Crippen LogP contribution in [0.25, 0.3) is 0 Å². The van der Waals surface area contributed by atoms with Crippen LogP contribution in [0.2, 0.25) is 0 Å². The third kappa shape index (κ3) is 2.36. The summed E-state index contributed by atoms with van der Waals surface area (Å²) in [5.41, 5.74) is 0.852. The number of anilines is 1. The number of rotatable bonds is 3. The number of nitrogens with zero attached hydrogens (tertiary/aromatic N) is 1. The molecule has 1 aromatic rings. The molecule has 5 heteroatoms. The van der Waals surface area contributed by atoms with Crippen LogP contribution < -0.4 is 10.2 Å². The van der Waals surface area contributed by atoms with Gasteiger partial charge >= 0.3 is 0 Å². The Kier molecular flexibility index (Phi) is 2.99. The van der Waals surface area contributed by atoms with Gasteiger partial charge in [-0.05, 0) is 25.0 Å². The fraction of sp³-hybridized carbons (Fsp3) is 0.385. The number of fused-ring (bicyclic) bond motifs is 1. The highest BCUT2D eigenvalue weighted by Gasteiger charge is 2.28. The third-order valence-corrected chi connectivity index (χ3v) is 4.10. The van der Waals surface area contributed by atoms with Crippen molar-refractivity contribution in [1.29, 1.82) is 0 Å². The second-order valence-corrected chi connectivity index (χ2v) is 5.60. The van der Waals surface area contributed by atoms with Crippen molar-refractivity contribution in [3.8, 4) is 0 Å². The van der Waals surface area contributed by atoms with E-state index in [1.54, 1.807) is 4.90 Å². The van der Waals surface area contributed by atoms with Crippen molar-refractivity contribution >= 4 is 29.3 Å². The lowest BCUT2D eigenvalue weighted by Crippen LogP contribution is -2.43. The summed E-state index contributed by atoms with van der Waals surface area (Å²) in [6.07, 6.45) is 2.12. The van der Waals surface area contributed by atoms with E-state index in [0.717, 1.165) is 23.4 Å². The molecule has 0 unspecified atom stereocenters. The Morgan fingerprint density at radius 2 is 2.17 bits per heavy atom. The lowest BCUT2D eigenvalue weighted by Gasteiger charge is -2.28. The van der Waals surface area contributed by atoms with E-state index >= 15 is 0 Å². The Labute approximate surface area is 110 Å². The highest BCUT2D eigenvalue weighted by Crippen LogP contribution is 2.34. The molecule has 0 saturated heterocycles. The van der Waals surface area contributed by atoms with E-state index in [0.29, 0.717) is 11.8 Å². The number of carbonyl (C=O) groups is 2. The van der Waals surface area contributed by atoms with Gasteiger partial charge in [-0.3, -0.25) is 9.59 Å². The molecule has 1 aliphatic heterocycles. The van der Waals surface area contributed by atoms with E-state index < -0.39 is 0 Å². The quantitative estimate of drug-likeness (QED) is 0.896. The number of para-hydroxylation sites is 1. The van der Waals surface area contributed by atoms with Gasteiger partial charge in [0.25, 0.3) is 0 Å². The lowest BCUT2D eigenvalue weighted by molar-refractivity contribution is -0.123. The molecule has 2 amide bonds. The van der Waals surface area contributed by atoms with Crippen molar-refractivity contribution in [2.24, 2.45) is 0 Å².